The van der Waals surface area contributed by atoms with Gasteiger partial charge in [-0.15, -0.1) is 0 Å². The van der Waals surface area contributed by atoms with Crippen LogP contribution in [-0.2, 0) is 12.8 Å². The van der Waals surface area contributed by atoms with E-state index in [1.165, 1.54) is 11.1 Å². The molecule has 1 aromatic carbocycles. The second kappa shape index (κ2) is 7.38. The van der Waals surface area contributed by atoms with Crippen LogP contribution in [0.15, 0.2) is 53.3 Å². The molecule has 3 N–H and O–H groups in total. The van der Waals surface area contributed by atoms with Crippen LogP contribution in [0.25, 0.3) is 0 Å². The number of hydrazine groups is 1. The molecule has 0 aliphatic heterocycles. The lowest BCUT2D eigenvalue weighted by Gasteiger charge is -2.15. The summed E-state index contributed by atoms with van der Waals surface area (Å²) < 4.78 is 1.00. The first-order chi connectivity index (χ1) is 9.28. The molecule has 0 spiro atoms. The summed E-state index contributed by atoms with van der Waals surface area (Å²) in [5, 5.41) is 0. The Kier molecular flexibility index (Phi) is 5.51. The third-order valence-electron chi connectivity index (χ3n) is 3.10. The number of nitrogens with two attached hydrogens (primary N) is 1. The lowest BCUT2D eigenvalue weighted by molar-refractivity contribution is 0.491. The molecule has 1 atom stereocenters. The lowest BCUT2D eigenvalue weighted by Crippen LogP contribution is -2.37. The molecule has 0 saturated carbocycles. The maximum Gasteiger partial charge on any atom is 0.0410 e. The van der Waals surface area contributed by atoms with Gasteiger partial charge in [0.2, 0.25) is 0 Å². The molecule has 2 rings (SSSR count). The zero-order valence-electron chi connectivity index (χ0n) is 10.7. The van der Waals surface area contributed by atoms with Crippen LogP contribution in [0.1, 0.15) is 17.5 Å². The minimum atomic E-state index is 0.260. The minimum Gasteiger partial charge on any atom is -0.271 e. The number of aromatic nitrogens is 1. The Balaban J connectivity index is 1.90. The van der Waals surface area contributed by atoms with Gasteiger partial charge in [0, 0.05) is 22.9 Å². The van der Waals surface area contributed by atoms with E-state index in [1.54, 1.807) is 6.20 Å². The second-order valence-corrected chi connectivity index (χ2v) is 5.52. The average Bonchev–Trinajstić information content (AvgIpc) is 2.44. The summed E-state index contributed by atoms with van der Waals surface area (Å²) in [7, 11) is 0. The fourth-order valence-corrected chi connectivity index (χ4v) is 2.49. The van der Waals surface area contributed by atoms with Crippen molar-refractivity contribution in [3.05, 3.63) is 64.4 Å². The predicted octanol–water partition coefficient (Wildman–Crippen LogP) is 2.85. The zero-order chi connectivity index (χ0) is 13.5. The molecule has 0 amide bonds. The molecule has 0 aliphatic rings. The number of hydrogen-bond donors (Lipinski definition) is 2. The normalized spacial score (nSPS) is 12.3. The van der Waals surface area contributed by atoms with E-state index in [-0.39, 0.29) is 6.04 Å². The Labute approximate surface area is 122 Å². The Morgan fingerprint density at radius 2 is 1.95 bits per heavy atom. The molecule has 3 nitrogen and oxygen atoms in total. The molecule has 4 heteroatoms. The van der Waals surface area contributed by atoms with Crippen LogP contribution in [0.5, 0.6) is 0 Å². The maximum atomic E-state index is 5.64. The van der Waals surface area contributed by atoms with Crippen molar-refractivity contribution < 1.29 is 0 Å². The van der Waals surface area contributed by atoms with Crippen molar-refractivity contribution in [3.8, 4) is 0 Å². The first-order valence-electron chi connectivity index (χ1n) is 6.37. The predicted molar refractivity (Wildman–Crippen MR) is 81.5 cm³/mol. The van der Waals surface area contributed by atoms with Gasteiger partial charge < -0.3 is 0 Å². The van der Waals surface area contributed by atoms with Gasteiger partial charge in [-0.25, -0.2) is 0 Å². The van der Waals surface area contributed by atoms with Gasteiger partial charge in [-0.05, 0) is 52.4 Å². The van der Waals surface area contributed by atoms with Gasteiger partial charge in [0.05, 0.1) is 0 Å². The summed E-state index contributed by atoms with van der Waals surface area (Å²) in [5.41, 5.74) is 5.43. The van der Waals surface area contributed by atoms with Crippen molar-refractivity contribution in [2.24, 2.45) is 5.84 Å². The van der Waals surface area contributed by atoms with E-state index in [1.807, 2.05) is 12.3 Å². The van der Waals surface area contributed by atoms with Crippen molar-refractivity contribution in [2.75, 3.05) is 0 Å². The standard InChI is InChI=1S/C15H18BrN3/c16-14-8-13(10-18-11-14)9-15(19-17)7-6-12-4-2-1-3-5-12/h1-5,8,10-11,15,19H,6-7,9,17H2. The van der Waals surface area contributed by atoms with E-state index >= 15 is 0 Å². The largest absolute Gasteiger partial charge is 0.271 e. The summed E-state index contributed by atoms with van der Waals surface area (Å²) in [6.45, 7) is 0. The van der Waals surface area contributed by atoms with Crippen LogP contribution in [0.2, 0.25) is 0 Å². The van der Waals surface area contributed by atoms with E-state index < -0.39 is 0 Å². The highest BCUT2D eigenvalue weighted by Crippen LogP contribution is 2.13. The number of nitrogens with zero attached hydrogens (tertiary/aromatic N) is 1. The molecular weight excluding hydrogens is 302 g/mol. The Morgan fingerprint density at radius 3 is 2.63 bits per heavy atom. The summed E-state index contributed by atoms with van der Waals surface area (Å²) in [6, 6.07) is 12.8. The highest BCUT2D eigenvalue weighted by atomic mass is 79.9. The molecule has 2 aromatic rings. The maximum absolute atomic E-state index is 5.64. The number of aryl methyl sites for hydroxylation is 1. The van der Waals surface area contributed by atoms with Crippen molar-refractivity contribution in [2.45, 2.75) is 25.3 Å². The average molecular weight is 320 g/mol. The molecule has 0 aliphatic carbocycles. The van der Waals surface area contributed by atoms with E-state index in [0.717, 1.165) is 23.7 Å². The van der Waals surface area contributed by atoms with Crippen molar-refractivity contribution in [1.82, 2.24) is 10.4 Å². The molecule has 0 radical (unpaired) electrons. The van der Waals surface area contributed by atoms with E-state index in [0.29, 0.717) is 0 Å². The highest BCUT2D eigenvalue weighted by molar-refractivity contribution is 9.10. The zero-order valence-corrected chi connectivity index (χ0v) is 12.3. The smallest absolute Gasteiger partial charge is 0.0410 e. The van der Waals surface area contributed by atoms with Gasteiger partial charge in [-0.1, -0.05) is 30.3 Å². The van der Waals surface area contributed by atoms with Crippen molar-refractivity contribution >= 4 is 15.9 Å². The van der Waals surface area contributed by atoms with Crippen LogP contribution in [0, 0.1) is 0 Å². The first kappa shape index (κ1) is 14.2. The number of halogens is 1. The van der Waals surface area contributed by atoms with Crippen LogP contribution in [0.3, 0.4) is 0 Å². The third-order valence-corrected chi connectivity index (χ3v) is 3.54. The monoisotopic (exact) mass is 319 g/mol. The Bertz CT molecular complexity index is 502. The highest BCUT2D eigenvalue weighted by Gasteiger charge is 2.08. The minimum absolute atomic E-state index is 0.260. The fraction of sp³-hybridized carbons (Fsp3) is 0.267. The molecule has 1 unspecified atom stereocenters. The number of rotatable bonds is 6. The van der Waals surface area contributed by atoms with Crippen LogP contribution in [-0.4, -0.2) is 11.0 Å². The quantitative estimate of drug-likeness (QED) is 0.636. The third kappa shape index (κ3) is 4.74. The molecule has 0 saturated heterocycles. The van der Waals surface area contributed by atoms with Gasteiger partial charge in [0.25, 0.3) is 0 Å². The fourth-order valence-electron chi connectivity index (χ4n) is 2.08. The topological polar surface area (TPSA) is 50.9 Å². The van der Waals surface area contributed by atoms with Crippen molar-refractivity contribution in [1.29, 1.82) is 0 Å². The number of pyridine rings is 1. The summed E-state index contributed by atoms with van der Waals surface area (Å²) in [6.07, 6.45) is 6.59. The second-order valence-electron chi connectivity index (χ2n) is 4.60. The lowest BCUT2D eigenvalue weighted by atomic mass is 10.0. The first-order valence-corrected chi connectivity index (χ1v) is 7.16. The van der Waals surface area contributed by atoms with Gasteiger partial charge in [-0.3, -0.25) is 16.3 Å². The molecule has 0 fully saturated rings. The van der Waals surface area contributed by atoms with Gasteiger partial charge in [0.1, 0.15) is 0 Å². The Morgan fingerprint density at radius 1 is 1.16 bits per heavy atom. The van der Waals surface area contributed by atoms with Crippen molar-refractivity contribution in [3.63, 3.8) is 0 Å². The van der Waals surface area contributed by atoms with Gasteiger partial charge in [-0.2, -0.15) is 0 Å². The number of hydrogen-bond acceptors (Lipinski definition) is 3. The Hall–Kier alpha value is -1.23. The van der Waals surface area contributed by atoms with E-state index in [4.69, 9.17) is 5.84 Å². The van der Waals surface area contributed by atoms with E-state index in [2.05, 4.69) is 56.7 Å². The molecule has 100 valence electrons. The number of benzene rings is 1. The summed E-state index contributed by atoms with van der Waals surface area (Å²) in [4.78, 5) is 4.17. The molecule has 0 bridgehead atoms. The number of nitrogens with one attached hydrogen (secondary N) is 1. The van der Waals surface area contributed by atoms with Gasteiger partial charge in [0.15, 0.2) is 0 Å². The van der Waals surface area contributed by atoms with Crippen LogP contribution >= 0.6 is 15.9 Å². The van der Waals surface area contributed by atoms with E-state index in [9.17, 15) is 0 Å². The SMILES string of the molecule is NNC(CCc1ccccc1)Cc1cncc(Br)c1. The molecule has 19 heavy (non-hydrogen) atoms. The summed E-state index contributed by atoms with van der Waals surface area (Å²) >= 11 is 3.44. The summed E-state index contributed by atoms with van der Waals surface area (Å²) in [5.74, 6) is 5.64. The molecule has 1 aromatic heterocycles. The van der Waals surface area contributed by atoms with Gasteiger partial charge >= 0.3 is 0 Å². The van der Waals surface area contributed by atoms with Crippen LogP contribution < -0.4 is 11.3 Å². The van der Waals surface area contributed by atoms with Crippen LogP contribution in [0.4, 0.5) is 0 Å². The molecular formula is C15H18BrN3. The molecule has 1 heterocycles.